The standard InChI is InChI=1S/C10H14N4.ClH/c1-3-4-14-7(2)13-8-6-12-10(11)5-9(8)14;/h5-6H,3-4H2,1-2H3,(H2,11,12);1H. The van der Waals surface area contributed by atoms with Gasteiger partial charge in [0, 0.05) is 12.6 Å². The van der Waals surface area contributed by atoms with Crippen LogP contribution in [-0.2, 0) is 6.54 Å². The third-order valence-electron chi connectivity index (χ3n) is 2.29. The second kappa shape index (κ2) is 4.49. The van der Waals surface area contributed by atoms with Crippen molar-refractivity contribution in [1.29, 1.82) is 0 Å². The van der Waals surface area contributed by atoms with E-state index in [0.717, 1.165) is 29.8 Å². The smallest absolute Gasteiger partial charge is 0.125 e. The quantitative estimate of drug-likeness (QED) is 0.854. The van der Waals surface area contributed by atoms with Crippen LogP contribution in [0.4, 0.5) is 5.82 Å². The molecule has 2 N–H and O–H groups in total. The van der Waals surface area contributed by atoms with E-state index in [1.165, 1.54) is 0 Å². The first-order valence-corrected chi connectivity index (χ1v) is 4.80. The highest BCUT2D eigenvalue weighted by Gasteiger charge is 2.06. The van der Waals surface area contributed by atoms with Crippen LogP contribution in [0.3, 0.4) is 0 Å². The largest absolute Gasteiger partial charge is 0.384 e. The molecule has 2 heterocycles. The van der Waals surface area contributed by atoms with Crippen molar-refractivity contribution in [2.75, 3.05) is 5.73 Å². The minimum atomic E-state index is 0. The normalized spacial score (nSPS) is 10.3. The minimum absolute atomic E-state index is 0. The Kier molecular flexibility index (Phi) is 3.52. The molecule has 0 aliphatic carbocycles. The molecule has 0 saturated heterocycles. The fraction of sp³-hybridized carbons (Fsp3) is 0.400. The molecule has 2 aromatic heterocycles. The number of aromatic nitrogens is 3. The van der Waals surface area contributed by atoms with Crippen molar-refractivity contribution in [3.05, 3.63) is 18.1 Å². The lowest BCUT2D eigenvalue weighted by molar-refractivity contribution is 0.676. The van der Waals surface area contributed by atoms with Crippen molar-refractivity contribution in [2.45, 2.75) is 26.8 Å². The number of aryl methyl sites for hydroxylation is 2. The summed E-state index contributed by atoms with van der Waals surface area (Å²) in [5.74, 6) is 1.57. The van der Waals surface area contributed by atoms with E-state index in [1.54, 1.807) is 6.20 Å². The van der Waals surface area contributed by atoms with Gasteiger partial charge in [-0.05, 0) is 13.3 Å². The lowest BCUT2D eigenvalue weighted by Crippen LogP contribution is -1.99. The molecule has 82 valence electrons. The highest BCUT2D eigenvalue weighted by Crippen LogP contribution is 2.17. The van der Waals surface area contributed by atoms with E-state index in [4.69, 9.17) is 5.73 Å². The Balaban J connectivity index is 0.00000112. The third kappa shape index (κ3) is 2.04. The van der Waals surface area contributed by atoms with E-state index in [1.807, 2.05) is 13.0 Å². The third-order valence-corrected chi connectivity index (χ3v) is 2.29. The van der Waals surface area contributed by atoms with Gasteiger partial charge in [0.05, 0.1) is 11.7 Å². The first-order chi connectivity index (χ1) is 6.72. The van der Waals surface area contributed by atoms with Gasteiger partial charge in [-0.2, -0.15) is 0 Å². The molecule has 15 heavy (non-hydrogen) atoms. The molecular weight excluding hydrogens is 212 g/mol. The van der Waals surface area contributed by atoms with Crippen molar-refractivity contribution in [1.82, 2.24) is 14.5 Å². The Morgan fingerprint density at radius 1 is 1.47 bits per heavy atom. The zero-order chi connectivity index (χ0) is 10.1. The number of nitrogens with zero attached hydrogens (tertiary/aromatic N) is 3. The number of anilines is 1. The highest BCUT2D eigenvalue weighted by atomic mass is 35.5. The molecule has 0 fully saturated rings. The van der Waals surface area contributed by atoms with Crippen molar-refractivity contribution >= 4 is 29.3 Å². The SMILES string of the molecule is CCCn1c(C)nc2cnc(N)cc21.Cl. The topological polar surface area (TPSA) is 56.7 Å². The average Bonchev–Trinajstić information content (AvgIpc) is 2.45. The summed E-state index contributed by atoms with van der Waals surface area (Å²) in [4.78, 5) is 8.44. The molecule has 0 aliphatic rings. The number of hydrogen-bond donors (Lipinski definition) is 1. The van der Waals surface area contributed by atoms with Crippen LogP contribution in [0.1, 0.15) is 19.2 Å². The number of imidazole rings is 1. The molecule has 0 saturated carbocycles. The van der Waals surface area contributed by atoms with E-state index >= 15 is 0 Å². The van der Waals surface area contributed by atoms with Crippen LogP contribution in [0.2, 0.25) is 0 Å². The summed E-state index contributed by atoms with van der Waals surface area (Å²) in [5, 5.41) is 0. The van der Waals surface area contributed by atoms with Gasteiger partial charge < -0.3 is 10.3 Å². The first kappa shape index (κ1) is 11.8. The fourth-order valence-corrected chi connectivity index (χ4v) is 1.67. The van der Waals surface area contributed by atoms with E-state index in [0.29, 0.717) is 5.82 Å². The van der Waals surface area contributed by atoms with Crippen LogP contribution < -0.4 is 5.73 Å². The van der Waals surface area contributed by atoms with Gasteiger partial charge >= 0.3 is 0 Å². The van der Waals surface area contributed by atoms with Crippen LogP contribution >= 0.6 is 12.4 Å². The molecule has 0 atom stereocenters. The predicted octanol–water partition coefficient (Wildman–Crippen LogP) is 2.15. The van der Waals surface area contributed by atoms with E-state index in [9.17, 15) is 0 Å². The Morgan fingerprint density at radius 3 is 2.87 bits per heavy atom. The van der Waals surface area contributed by atoms with Gasteiger partial charge in [0.15, 0.2) is 0 Å². The van der Waals surface area contributed by atoms with Crippen LogP contribution in [0.25, 0.3) is 11.0 Å². The monoisotopic (exact) mass is 226 g/mol. The number of hydrogen-bond acceptors (Lipinski definition) is 3. The fourth-order valence-electron chi connectivity index (χ4n) is 1.67. The van der Waals surface area contributed by atoms with Gasteiger partial charge in [-0.25, -0.2) is 9.97 Å². The molecule has 2 aromatic rings. The van der Waals surface area contributed by atoms with Gasteiger partial charge in [0.2, 0.25) is 0 Å². The van der Waals surface area contributed by atoms with Crippen molar-refractivity contribution < 1.29 is 0 Å². The van der Waals surface area contributed by atoms with E-state index in [2.05, 4.69) is 21.5 Å². The molecule has 0 amide bonds. The molecule has 2 rings (SSSR count). The molecule has 0 radical (unpaired) electrons. The van der Waals surface area contributed by atoms with Crippen molar-refractivity contribution in [2.24, 2.45) is 0 Å². The first-order valence-electron chi connectivity index (χ1n) is 4.80. The predicted molar refractivity (Wildman–Crippen MR) is 64.2 cm³/mol. The van der Waals surface area contributed by atoms with Crippen LogP contribution in [-0.4, -0.2) is 14.5 Å². The second-order valence-electron chi connectivity index (χ2n) is 3.41. The van der Waals surface area contributed by atoms with Gasteiger partial charge in [0.1, 0.15) is 17.2 Å². The summed E-state index contributed by atoms with van der Waals surface area (Å²) in [6.07, 6.45) is 2.82. The minimum Gasteiger partial charge on any atom is -0.384 e. The van der Waals surface area contributed by atoms with Gasteiger partial charge in [-0.15, -0.1) is 12.4 Å². The molecule has 0 spiro atoms. The molecule has 0 unspecified atom stereocenters. The zero-order valence-electron chi connectivity index (χ0n) is 8.90. The average molecular weight is 227 g/mol. The Morgan fingerprint density at radius 2 is 2.20 bits per heavy atom. The van der Waals surface area contributed by atoms with Crippen molar-refractivity contribution in [3.8, 4) is 0 Å². The lowest BCUT2D eigenvalue weighted by Gasteiger charge is -2.03. The lowest BCUT2D eigenvalue weighted by atomic mass is 10.3. The zero-order valence-corrected chi connectivity index (χ0v) is 9.71. The Bertz CT molecular complexity index is 464. The molecule has 4 nitrogen and oxygen atoms in total. The number of halogens is 1. The van der Waals surface area contributed by atoms with Crippen LogP contribution in [0.5, 0.6) is 0 Å². The summed E-state index contributed by atoms with van der Waals surface area (Å²) in [6.45, 7) is 5.13. The van der Waals surface area contributed by atoms with E-state index in [-0.39, 0.29) is 12.4 Å². The van der Waals surface area contributed by atoms with Crippen LogP contribution in [0.15, 0.2) is 12.3 Å². The maximum absolute atomic E-state index is 5.65. The number of rotatable bonds is 2. The van der Waals surface area contributed by atoms with E-state index < -0.39 is 0 Å². The summed E-state index contributed by atoms with van der Waals surface area (Å²) in [6, 6.07) is 1.88. The Labute approximate surface area is 94.9 Å². The maximum Gasteiger partial charge on any atom is 0.125 e. The van der Waals surface area contributed by atoms with Crippen LogP contribution in [0, 0.1) is 6.92 Å². The number of nitrogen functional groups attached to an aromatic ring is 1. The summed E-state index contributed by atoms with van der Waals surface area (Å²) < 4.78 is 2.17. The number of nitrogens with two attached hydrogens (primary N) is 1. The molecule has 0 bridgehead atoms. The molecule has 0 aromatic carbocycles. The summed E-state index contributed by atoms with van der Waals surface area (Å²) in [7, 11) is 0. The molecular formula is C10H15ClN4. The maximum atomic E-state index is 5.65. The number of fused-ring (bicyclic) bond motifs is 1. The summed E-state index contributed by atoms with van der Waals surface area (Å²) in [5.41, 5.74) is 7.65. The second-order valence-corrected chi connectivity index (χ2v) is 3.41. The van der Waals surface area contributed by atoms with Gasteiger partial charge in [-0.3, -0.25) is 0 Å². The molecule has 5 heteroatoms. The van der Waals surface area contributed by atoms with Gasteiger partial charge in [0.25, 0.3) is 0 Å². The van der Waals surface area contributed by atoms with Crippen molar-refractivity contribution in [3.63, 3.8) is 0 Å². The van der Waals surface area contributed by atoms with Gasteiger partial charge in [-0.1, -0.05) is 6.92 Å². The highest BCUT2D eigenvalue weighted by molar-refractivity contribution is 5.85. The molecule has 0 aliphatic heterocycles. The Hall–Kier alpha value is -1.29. The number of pyridine rings is 1. The summed E-state index contributed by atoms with van der Waals surface area (Å²) >= 11 is 0.